The number of carbonyl (C=O) groups excluding carboxylic acids is 1. The summed E-state index contributed by atoms with van der Waals surface area (Å²) in [5.74, 6) is -1.51. The van der Waals surface area contributed by atoms with Crippen LogP contribution < -0.4 is 4.90 Å². The van der Waals surface area contributed by atoms with Crippen LogP contribution in [0.5, 0.6) is 0 Å². The Balaban J connectivity index is 2.35. The van der Waals surface area contributed by atoms with Crippen molar-refractivity contribution in [2.45, 2.75) is 39.8 Å². The highest BCUT2D eigenvalue weighted by Crippen LogP contribution is 2.20. The lowest BCUT2D eigenvalue weighted by Gasteiger charge is -2.27. The Kier molecular flexibility index (Phi) is 5.17. The first-order chi connectivity index (χ1) is 11.2. The van der Waals surface area contributed by atoms with Crippen molar-refractivity contribution in [3.8, 4) is 0 Å². The third kappa shape index (κ3) is 4.75. The Labute approximate surface area is 140 Å². The number of amides is 1. The van der Waals surface area contributed by atoms with Crippen LogP contribution in [-0.2, 0) is 11.3 Å². The minimum absolute atomic E-state index is 0.0164. The molecule has 2 aromatic rings. The van der Waals surface area contributed by atoms with Gasteiger partial charge >= 0.3 is 6.09 Å². The van der Waals surface area contributed by atoms with Crippen LogP contribution in [0.15, 0.2) is 36.5 Å². The molecule has 1 aromatic heterocycles. The Morgan fingerprint density at radius 1 is 1.17 bits per heavy atom. The number of pyridine rings is 1. The standard InChI is InChI=1S/C18H20F2N2O2/c1-12-7-8-21-16(9-12)22(17(23)24-18(2,3)4)11-13-5-6-14(19)15(20)10-13/h5-10H,11H2,1-4H3. The minimum Gasteiger partial charge on any atom is -0.443 e. The number of ether oxygens (including phenoxy) is 1. The van der Waals surface area contributed by atoms with E-state index in [4.69, 9.17) is 4.74 Å². The summed E-state index contributed by atoms with van der Waals surface area (Å²) in [5, 5.41) is 0. The molecular weight excluding hydrogens is 314 g/mol. The molecule has 0 spiro atoms. The van der Waals surface area contributed by atoms with Crippen molar-refractivity contribution in [1.82, 2.24) is 4.98 Å². The predicted molar refractivity (Wildman–Crippen MR) is 87.7 cm³/mol. The lowest BCUT2D eigenvalue weighted by molar-refractivity contribution is 0.0576. The largest absolute Gasteiger partial charge is 0.443 e. The predicted octanol–water partition coefficient (Wildman–Crippen LogP) is 4.61. The van der Waals surface area contributed by atoms with Gasteiger partial charge in [-0.1, -0.05) is 6.07 Å². The summed E-state index contributed by atoms with van der Waals surface area (Å²) in [6, 6.07) is 7.04. The highest BCUT2D eigenvalue weighted by atomic mass is 19.2. The van der Waals surface area contributed by atoms with E-state index in [1.165, 1.54) is 11.0 Å². The number of nitrogens with zero attached hydrogens (tertiary/aromatic N) is 2. The van der Waals surface area contributed by atoms with Crippen molar-refractivity contribution in [2.75, 3.05) is 4.90 Å². The highest BCUT2D eigenvalue weighted by molar-refractivity contribution is 5.86. The first-order valence-corrected chi connectivity index (χ1v) is 7.53. The number of aromatic nitrogens is 1. The Bertz CT molecular complexity index is 742. The van der Waals surface area contributed by atoms with Crippen molar-refractivity contribution in [2.24, 2.45) is 0 Å². The zero-order valence-corrected chi connectivity index (χ0v) is 14.1. The van der Waals surface area contributed by atoms with Crippen molar-refractivity contribution in [3.05, 3.63) is 59.3 Å². The summed E-state index contributed by atoms with van der Waals surface area (Å²) in [6.07, 6.45) is 0.970. The van der Waals surface area contributed by atoms with Crippen LogP contribution in [0.4, 0.5) is 19.4 Å². The number of halogens is 2. The summed E-state index contributed by atoms with van der Waals surface area (Å²) in [6.45, 7) is 7.15. The van der Waals surface area contributed by atoms with E-state index >= 15 is 0 Å². The molecule has 0 aliphatic heterocycles. The molecule has 24 heavy (non-hydrogen) atoms. The van der Waals surface area contributed by atoms with Crippen molar-refractivity contribution in [3.63, 3.8) is 0 Å². The fourth-order valence-electron chi connectivity index (χ4n) is 2.04. The van der Waals surface area contributed by atoms with E-state index in [0.29, 0.717) is 11.4 Å². The highest BCUT2D eigenvalue weighted by Gasteiger charge is 2.25. The molecule has 0 unspecified atom stereocenters. The van der Waals surface area contributed by atoms with Gasteiger partial charge in [0.05, 0.1) is 6.54 Å². The number of aryl methyl sites for hydroxylation is 1. The first-order valence-electron chi connectivity index (χ1n) is 7.53. The fourth-order valence-corrected chi connectivity index (χ4v) is 2.04. The average Bonchev–Trinajstić information content (AvgIpc) is 2.46. The summed E-state index contributed by atoms with van der Waals surface area (Å²) in [5.41, 5.74) is 0.662. The third-order valence-electron chi connectivity index (χ3n) is 3.12. The van der Waals surface area contributed by atoms with Crippen LogP contribution >= 0.6 is 0 Å². The Hall–Kier alpha value is -2.50. The number of hydrogen-bond donors (Lipinski definition) is 0. The molecule has 0 aliphatic carbocycles. The fraction of sp³-hybridized carbons (Fsp3) is 0.333. The van der Waals surface area contributed by atoms with E-state index in [9.17, 15) is 13.6 Å². The third-order valence-corrected chi connectivity index (χ3v) is 3.12. The number of rotatable bonds is 3. The molecule has 6 heteroatoms. The number of anilines is 1. The Morgan fingerprint density at radius 2 is 1.88 bits per heavy atom. The van der Waals surface area contributed by atoms with E-state index in [1.54, 1.807) is 39.1 Å². The average molecular weight is 334 g/mol. The van der Waals surface area contributed by atoms with Gasteiger partial charge in [0.1, 0.15) is 11.4 Å². The van der Waals surface area contributed by atoms with E-state index in [-0.39, 0.29) is 6.54 Å². The molecule has 0 fully saturated rings. The molecule has 0 radical (unpaired) electrons. The van der Waals surface area contributed by atoms with Gasteiger partial charge in [0.15, 0.2) is 11.6 Å². The maximum atomic E-state index is 13.4. The van der Waals surface area contributed by atoms with Gasteiger partial charge in [0.2, 0.25) is 0 Å². The topological polar surface area (TPSA) is 42.4 Å². The smallest absolute Gasteiger partial charge is 0.416 e. The second kappa shape index (κ2) is 6.95. The lowest BCUT2D eigenvalue weighted by atomic mass is 10.2. The number of benzene rings is 1. The summed E-state index contributed by atoms with van der Waals surface area (Å²) >= 11 is 0. The summed E-state index contributed by atoms with van der Waals surface area (Å²) in [7, 11) is 0. The van der Waals surface area contributed by atoms with Gasteiger partial charge in [-0.05, 0) is 63.1 Å². The molecule has 128 valence electrons. The molecule has 2 rings (SSSR count). The zero-order chi connectivity index (χ0) is 17.9. The van der Waals surface area contributed by atoms with Crippen molar-refractivity contribution in [1.29, 1.82) is 0 Å². The molecule has 0 N–H and O–H groups in total. The molecule has 4 nitrogen and oxygen atoms in total. The summed E-state index contributed by atoms with van der Waals surface area (Å²) in [4.78, 5) is 18.0. The zero-order valence-electron chi connectivity index (χ0n) is 14.1. The second-order valence-corrected chi connectivity index (χ2v) is 6.51. The van der Waals surface area contributed by atoms with Gasteiger partial charge < -0.3 is 4.74 Å². The molecule has 1 aromatic carbocycles. The molecule has 0 aliphatic rings. The number of carbonyl (C=O) groups is 1. The van der Waals surface area contributed by atoms with Gasteiger partial charge in [-0.2, -0.15) is 0 Å². The van der Waals surface area contributed by atoms with E-state index in [2.05, 4.69) is 4.98 Å². The van der Waals surface area contributed by atoms with E-state index in [0.717, 1.165) is 17.7 Å². The van der Waals surface area contributed by atoms with Crippen LogP contribution in [0.2, 0.25) is 0 Å². The lowest BCUT2D eigenvalue weighted by Crippen LogP contribution is -2.37. The Morgan fingerprint density at radius 3 is 2.46 bits per heavy atom. The van der Waals surface area contributed by atoms with Gasteiger partial charge in [-0.15, -0.1) is 0 Å². The van der Waals surface area contributed by atoms with E-state index < -0.39 is 23.3 Å². The monoisotopic (exact) mass is 334 g/mol. The maximum absolute atomic E-state index is 13.4. The minimum atomic E-state index is -0.964. The molecule has 0 atom stereocenters. The van der Waals surface area contributed by atoms with Crippen LogP contribution in [0.25, 0.3) is 0 Å². The first kappa shape index (κ1) is 17.8. The molecule has 1 heterocycles. The maximum Gasteiger partial charge on any atom is 0.416 e. The van der Waals surface area contributed by atoms with Gasteiger partial charge in [0, 0.05) is 6.20 Å². The van der Waals surface area contributed by atoms with Crippen LogP contribution in [0.3, 0.4) is 0 Å². The van der Waals surface area contributed by atoms with Crippen molar-refractivity contribution >= 4 is 11.9 Å². The van der Waals surface area contributed by atoms with Crippen LogP contribution in [-0.4, -0.2) is 16.7 Å². The SMILES string of the molecule is Cc1ccnc(N(Cc2ccc(F)c(F)c2)C(=O)OC(C)(C)C)c1. The van der Waals surface area contributed by atoms with E-state index in [1.807, 2.05) is 6.92 Å². The second-order valence-electron chi connectivity index (χ2n) is 6.51. The quantitative estimate of drug-likeness (QED) is 0.823. The normalized spacial score (nSPS) is 11.2. The summed E-state index contributed by atoms with van der Waals surface area (Å²) < 4.78 is 31.9. The van der Waals surface area contributed by atoms with Crippen LogP contribution in [0.1, 0.15) is 31.9 Å². The van der Waals surface area contributed by atoms with Crippen molar-refractivity contribution < 1.29 is 18.3 Å². The molecule has 0 saturated heterocycles. The van der Waals surface area contributed by atoms with Gasteiger partial charge in [0.25, 0.3) is 0 Å². The van der Waals surface area contributed by atoms with Crippen LogP contribution in [0, 0.1) is 18.6 Å². The molecule has 1 amide bonds. The number of hydrogen-bond acceptors (Lipinski definition) is 3. The van der Waals surface area contributed by atoms with Gasteiger partial charge in [-0.3, -0.25) is 4.90 Å². The van der Waals surface area contributed by atoms with Gasteiger partial charge in [-0.25, -0.2) is 18.6 Å². The molecule has 0 saturated carbocycles. The molecule has 0 bridgehead atoms. The molecular formula is C18H20F2N2O2.